The number of aromatic nitrogens is 2. The number of rotatable bonds is 4. The number of benzene rings is 2. The first kappa shape index (κ1) is 21.1. The van der Waals surface area contributed by atoms with Crippen molar-refractivity contribution in [3.8, 4) is 0 Å². The molecule has 0 spiro atoms. The topological polar surface area (TPSA) is 84.3 Å². The maximum Gasteiger partial charge on any atom is 0.275 e. The predicted molar refractivity (Wildman–Crippen MR) is 123 cm³/mol. The highest BCUT2D eigenvalue weighted by atomic mass is 32.2. The largest absolute Gasteiger partial charge is 0.324 e. The van der Waals surface area contributed by atoms with Gasteiger partial charge in [-0.15, -0.1) is 11.8 Å². The molecule has 3 aromatic rings. The third kappa shape index (κ3) is 4.20. The van der Waals surface area contributed by atoms with Gasteiger partial charge in [0.05, 0.1) is 17.0 Å². The molecular formula is C23H24N4O3S. The van der Waals surface area contributed by atoms with Crippen LogP contribution in [0.2, 0.25) is 0 Å². The van der Waals surface area contributed by atoms with E-state index in [0.29, 0.717) is 28.4 Å². The molecule has 1 fully saturated rings. The Morgan fingerprint density at radius 1 is 1.10 bits per heavy atom. The number of fused-ring (bicyclic) bond motifs is 1. The Kier molecular flexibility index (Phi) is 5.82. The Bertz CT molecular complexity index is 1240. The van der Waals surface area contributed by atoms with E-state index < -0.39 is 6.04 Å². The summed E-state index contributed by atoms with van der Waals surface area (Å²) < 4.78 is 1.20. The number of amides is 2. The Morgan fingerprint density at radius 3 is 2.58 bits per heavy atom. The average molecular weight is 437 g/mol. The van der Waals surface area contributed by atoms with E-state index in [0.717, 1.165) is 16.5 Å². The van der Waals surface area contributed by atoms with Crippen LogP contribution in [0.1, 0.15) is 16.8 Å². The number of hydrogen-bond donors (Lipinski definition) is 1. The van der Waals surface area contributed by atoms with Crippen LogP contribution in [0.5, 0.6) is 0 Å². The minimum absolute atomic E-state index is 0.196. The molecule has 7 nitrogen and oxygen atoms in total. The summed E-state index contributed by atoms with van der Waals surface area (Å²) in [5.41, 5.74) is 3.32. The lowest BCUT2D eigenvalue weighted by Gasteiger charge is -2.23. The Hall–Kier alpha value is -3.13. The highest BCUT2D eigenvalue weighted by Gasteiger charge is 2.35. The molecule has 0 aliphatic carbocycles. The third-order valence-electron chi connectivity index (χ3n) is 5.62. The Labute approximate surface area is 184 Å². The highest BCUT2D eigenvalue weighted by molar-refractivity contribution is 7.99. The number of aryl methyl sites for hydroxylation is 3. The molecule has 0 saturated carbocycles. The highest BCUT2D eigenvalue weighted by Crippen LogP contribution is 2.23. The zero-order valence-electron chi connectivity index (χ0n) is 17.7. The monoisotopic (exact) mass is 436 g/mol. The zero-order chi connectivity index (χ0) is 22.1. The number of hydrogen-bond acceptors (Lipinski definition) is 5. The fraction of sp³-hybridized carbons (Fsp3) is 0.304. The van der Waals surface area contributed by atoms with Crippen LogP contribution in [-0.2, 0) is 16.1 Å². The Morgan fingerprint density at radius 2 is 1.84 bits per heavy atom. The van der Waals surface area contributed by atoms with E-state index in [9.17, 15) is 14.4 Å². The summed E-state index contributed by atoms with van der Waals surface area (Å²) in [7, 11) is 0. The molecule has 2 heterocycles. The van der Waals surface area contributed by atoms with Crippen molar-refractivity contribution in [1.82, 2.24) is 14.7 Å². The molecule has 1 aliphatic heterocycles. The molecule has 2 amide bonds. The summed E-state index contributed by atoms with van der Waals surface area (Å²) in [6.45, 7) is 5.62. The van der Waals surface area contributed by atoms with E-state index in [4.69, 9.17) is 0 Å². The maximum atomic E-state index is 13.0. The van der Waals surface area contributed by atoms with Gasteiger partial charge in [0.25, 0.3) is 5.56 Å². The summed E-state index contributed by atoms with van der Waals surface area (Å²) >= 11 is 1.52. The number of nitrogens with zero attached hydrogens (tertiary/aromatic N) is 3. The van der Waals surface area contributed by atoms with E-state index in [1.54, 1.807) is 12.1 Å². The van der Waals surface area contributed by atoms with Gasteiger partial charge in [-0.3, -0.25) is 14.4 Å². The van der Waals surface area contributed by atoms with Gasteiger partial charge >= 0.3 is 0 Å². The lowest BCUT2D eigenvalue weighted by Crippen LogP contribution is -2.46. The van der Waals surface area contributed by atoms with Gasteiger partial charge < -0.3 is 10.2 Å². The van der Waals surface area contributed by atoms with Crippen molar-refractivity contribution in [2.24, 2.45) is 0 Å². The lowest BCUT2D eigenvalue weighted by atomic mass is 10.1. The Balaban J connectivity index is 1.52. The lowest BCUT2D eigenvalue weighted by molar-refractivity contribution is -0.136. The van der Waals surface area contributed by atoms with Gasteiger partial charge in [0.2, 0.25) is 11.8 Å². The van der Waals surface area contributed by atoms with Gasteiger partial charge in [-0.05, 0) is 50.1 Å². The second kappa shape index (κ2) is 8.55. The van der Waals surface area contributed by atoms with Gasteiger partial charge in [0.1, 0.15) is 12.6 Å². The van der Waals surface area contributed by atoms with Crippen molar-refractivity contribution < 1.29 is 9.59 Å². The van der Waals surface area contributed by atoms with Crippen molar-refractivity contribution >= 4 is 40.0 Å². The predicted octanol–water partition coefficient (Wildman–Crippen LogP) is 2.86. The van der Waals surface area contributed by atoms with E-state index in [1.807, 2.05) is 51.1 Å². The molecule has 1 aromatic heterocycles. The molecule has 4 rings (SSSR count). The average Bonchev–Trinajstić information content (AvgIpc) is 3.25. The van der Waals surface area contributed by atoms with Gasteiger partial charge in [-0.25, -0.2) is 4.68 Å². The molecule has 2 aromatic carbocycles. The summed E-state index contributed by atoms with van der Waals surface area (Å²) in [6, 6.07) is 12.4. The quantitative estimate of drug-likeness (QED) is 0.680. The standard InChI is InChI=1S/C23H24N4O3S/c1-14-8-9-17(10-15(14)2)24-22(29)20-12-31-13-26(20)21(28)11-27-23(30)19-7-5-4-6-18(19)16(3)25-27/h4-10,20H,11-13H2,1-3H3,(H,24,29). The van der Waals surface area contributed by atoms with Crippen LogP contribution in [0.3, 0.4) is 0 Å². The molecule has 1 saturated heterocycles. The minimum Gasteiger partial charge on any atom is -0.324 e. The minimum atomic E-state index is -0.587. The number of carbonyl (C=O) groups excluding carboxylic acids is 2. The van der Waals surface area contributed by atoms with E-state index >= 15 is 0 Å². The molecular weight excluding hydrogens is 412 g/mol. The fourth-order valence-corrected chi connectivity index (χ4v) is 4.86. The van der Waals surface area contributed by atoms with Crippen molar-refractivity contribution in [3.05, 3.63) is 69.6 Å². The summed E-state index contributed by atoms with van der Waals surface area (Å²) in [4.78, 5) is 40.2. The SMILES string of the molecule is Cc1ccc(NC(=O)C2CSCN2C(=O)Cn2nc(C)c3ccccc3c2=O)cc1C. The fourth-order valence-electron chi connectivity index (χ4n) is 3.68. The van der Waals surface area contributed by atoms with Crippen molar-refractivity contribution in [2.75, 3.05) is 16.9 Å². The molecule has 1 atom stereocenters. The van der Waals surface area contributed by atoms with E-state index in [1.165, 1.54) is 21.3 Å². The molecule has 8 heteroatoms. The summed E-state index contributed by atoms with van der Waals surface area (Å²) in [5, 5.41) is 8.54. The zero-order valence-corrected chi connectivity index (χ0v) is 18.5. The smallest absolute Gasteiger partial charge is 0.275 e. The first-order valence-electron chi connectivity index (χ1n) is 10.1. The first-order chi connectivity index (χ1) is 14.8. The first-order valence-corrected chi connectivity index (χ1v) is 11.2. The molecule has 0 radical (unpaired) electrons. The van der Waals surface area contributed by atoms with Crippen LogP contribution >= 0.6 is 11.8 Å². The van der Waals surface area contributed by atoms with Crippen LogP contribution in [0.4, 0.5) is 5.69 Å². The van der Waals surface area contributed by atoms with Gasteiger partial charge in [0, 0.05) is 16.8 Å². The summed E-state index contributed by atoms with van der Waals surface area (Å²) in [5.74, 6) is 0.401. The number of thioether (sulfide) groups is 1. The van der Waals surface area contributed by atoms with Crippen molar-refractivity contribution in [2.45, 2.75) is 33.4 Å². The van der Waals surface area contributed by atoms with Crippen molar-refractivity contribution in [3.63, 3.8) is 0 Å². The molecule has 160 valence electrons. The second-order valence-electron chi connectivity index (χ2n) is 7.76. The van der Waals surface area contributed by atoms with Crippen LogP contribution < -0.4 is 10.9 Å². The van der Waals surface area contributed by atoms with Crippen LogP contribution in [0.25, 0.3) is 10.8 Å². The van der Waals surface area contributed by atoms with Crippen LogP contribution in [-0.4, -0.2) is 44.2 Å². The normalized spacial score (nSPS) is 16.0. The van der Waals surface area contributed by atoms with Crippen LogP contribution in [0.15, 0.2) is 47.3 Å². The van der Waals surface area contributed by atoms with E-state index in [2.05, 4.69) is 10.4 Å². The molecule has 1 N–H and O–H groups in total. The van der Waals surface area contributed by atoms with Gasteiger partial charge in [-0.2, -0.15) is 5.10 Å². The van der Waals surface area contributed by atoms with Crippen LogP contribution in [0, 0.1) is 20.8 Å². The number of nitrogens with one attached hydrogen (secondary N) is 1. The molecule has 0 bridgehead atoms. The molecule has 31 heavy (non-hydrogen) atoms. The number of carbonyl (C=O) groups is 2. The molecule has 1 unspecified atom stereocenters. The van der Waals surface area contributed by atoms with Crippen molar-refractivity contribution in [1.29, 1.82) is 0 Å². The maximum absolute atomic E-state index is 13.0. The number of anilines is 1. The second-order valence-corrected chi connectivity index (χ2v) is 8.76. The summed E-state index contributed by atoms with van der Waals surface area (Å²) in [6.07, 6.45) is 0. The molecule has 1 aliphatic rings. The third-order valence-corrected chi connectivity index (χ3v) is 6.63. The van der Waals surface area contributed by atoms with E-state index in [-0.39, 0.29) is 23.9 Å². The van der Waals surface area contributed by atoms with Gasteiger partial charge in [-0.1, -0.05) is 24.3 Å². The van der Waals surface area contributed by atoms with Gasteiger partial charge in [0.15, 0.2) is 0 Å².